The number of carbonyl (C=O) groups is 9. The summed E-state index contributed by atoms with van der Waals surface area (Å²) >= 11 is 0. The molecule has 0 spiro atoms. The molecule has 0 fully saturated rings. The molecule has 0 radical (unpaired) electrons. The first-order valence-electron chi connectivity index (χ1n) is 45.9. The predicted octanol–water partition coefficient (Wildman–Crippen LogP) is 14.9. The first-order valence-corrected chi connectivity index (χ1v) is 55.2. The van der Waals surface area contributed by atoms with Crippen LogP contribution in [-0.2, 0) is 94.5 Å². The molecule has 762 valence electrons. The molecule has 0 aliphatic carbocycles. The molecule has 139 heavy (non-hydrogen) atoms. The van der Waals surface area contributed by atoms with Crippen LogP contribution in [0.5, 0.6) is 11.5 Å². The van der Waals surface area contributed by atoms with Crippen molar-refractivity contribution in [1.29, 1.82) is 0 Å². The Morgan fingerprint density at radius 1 is 0.446 bits per heavy atom. The highest BCUT2D eigenvalue weighted by molar-refractivity contribution is 7.92. The Morgan fingerprint density at radius 3 is 1.46 bits per heavy atom. The third-order valence-corrected chi connectivity index (χ3v) is 28.2. The van der Waals surface area contributed by atoms with Crippen LogP contribution in [0.1, 0.15) is 227 Å². The summed E-state index contributed by atoms with van der Waals surface area (Å²) in [5, 5.41) is 16.3. The number of Topliss-reactive ketones (excluding diaryl/α,β-unsaturated/α-hetero) is 3. The molecule has 4 unspecified atom stereocenters. The van der Waals surface area contributed by atoms with Gasteiger partial charge in [-0.1, -0.05) is 223 Å². The first kappa shape index (κ1) is 116. The Kier molecular flexibility index (Phi) is 41.9. The van der Waals surface area contributed by atoms with Crippen molar-refractivity contribution in [3.63, 3.8) is 0 Å². The van der Waals surface area contributed by atoms with Crippen molar-refractivity contribution >= 4 is 148 Å². The van der Waals surface area contributed by atoms with Crippen molar-refractivity contribution in [3.05, 3.63) is 184 Å². The number of methoxy groups -OCH3 is 1. The Balaban J connectivity index is 0.000000326. The lowest BCUT2D eigenvalue weighted by molar-refractivity contribution is -0.140. The van der Waals surface area contributed by atoms with Crippen LogP contribution in [-0.4, -0.2) is 173 Å². The lowest BCUT2D eigenvalue weighted by atomic mass is 9.85. The standard InChI is InChI=1S/C42H63N5O8S.C33H43N5O6S.C23H31N3O9S3/c1-8-10-12-13-14-15-16-17-18-22-28-56(53,54)30-31(3)38(49)43-32-25-26-35(55-7)34(29-32)44-39(50)36(37(48)42(4,5)6)46-40(51)45(27-11-9-2)47(41(46)52)33-23-20-19-21-24-33;1-8-9-17-45(43,44)20-33(6,7)31(42)36-24-16-15-22(2)25(18-24)37-30(41)27(28(39)32(3,4)5)38-21-34-19-26(38)29(40)35-23-13-11-10-12-14-23;1-14-8-9-15(25-37(6,31)32)12-17(14)24-22(28)20(21(27)23(2,3)4)35-19-11-10-16(36(5,29)30)13-18(19)26-38(7,33)34/h19-21,23-26,29,31,36H,8-18,22,27-28,30H2,1-7H3,(H,43,49)(H,44,50);10-16,18-19,21,27H,8-9,17,20H2,1-7H3,(H,35,40)(H,36,42)(H,37,41);8-13,20,25-26H,1-7H3,(H,24,28). The Morgan fingerprint density at radius 2 is 0.921 bits per heavy atom. The smallest absolute Gasteiger partial charge is 0.353 e. The Labute approximate surface area is 816 Å². The van der Waals surface area contributed by atoms with Gasteiger partial charge in [0.15, 0.2) is 58.9 Å². The third kappa shape index (κ3) is 35.7. The van der Waals surface area contributed by atoms with E-state index in [0.29, 0.717) is 57.7 Å². The number of ketones is 3. The van der Waals surface area contributed by atoms with Crippen molar-refractivity contribution in [1.82, 2.24) is 23.5 Å². The second-order valence-electron chi connectivity index (χ2n) is 38.3. The number of benzene rings is 6. The fourth-order valence-corrected chi connectivity index (χ4v) is 19.8. The van der Waals surface area contributed by atoms with Gasteiger partial charge in [0, 0.05) is 63.4 Å². The fraction of sp³-hybridized carbons (Fsp3) is 0.490. The molecule has 8 rings (SSSR count). The van der Waals surface area contributed by atoms with Crippen LogP contribution in [0.4, 0.5) is 45.5 Å². The lowest BCUT2D eigenvalue weighted by Gasteiger charge is -2.26. The number of para-hydroxylation sites is 2. The highest BCUT2D eigenvalue weighted by Crippen LogP contribution is 2.36. The van der Waals surface area contributed by atoms with Gasteiger partial charge >= 0.3 is 11.4 Å². The molecule has 41 heteroatoms. The molecule has 0 saturated carbocycles. The number of imidazole rings is 1. The lowest BCUT2D eigenvalue weighted by Crippen LogP contribution is -2.46. The van der Waals surface area contributed by atoms with E-state index in [1.807, 2.05) is 19.9 Å². The van der Waals surface area contributed by atoms with Crippen molar-refractivity contribution in [3.8, 4) is 17.2 Å². The number of hydrogen-bond acceptors (Lipinski definition) is 24. The SMILES string of the molecule is CCCCCCCCCCCCS(=O)(=O)CC(C)C(=O)Nc1ccc(OC)c(NC(=O)C(C(=O)C(C)(C)C)n2c(=O)n(CCCC)n(-c3ccccc3)c2=O)c1.CCCCS(=O)(=O)CC(C)(C)C(=O)Nc1ccc(C)c(NC(=O)C(C(=O)C(C)(C)C)n2cncc2C(=O)Nc2ccccc2)c1.Cc1ccc(NS(C)(=O)=O)cc1NC(=O)C(Oc1ccc(S(C)(=O)=O)cc1NS(C)(=O)=O)C(=O)C(C)(C)C. The average molecular weight is 2030 g/mol. The number of carbonyl (C=O) groups excluding carboxylic acids is 9. The van der Waals surface area contributed by atoms with Crippen LogP contribution in [0.25, 0.3) is 5.69 Å². The normalized spacial score (nSPS) is 13.0. The maximum absolute atomic E-state index is 14.2. The van der Waals surface area contributed by atoms with Gasteiger partial charge in [0.1, 0.15) is 17.2 Å². The number of rotatable bonds is 47. The molecule has 0 aliphatic rings. The average Bonchev–Trinajstić information content (AvgIpc) is 1.59. The largest absolute Gasteiger partial charge is 0.495 e. The zero-order valence-electron chi connectivity index (χ0n) is 83.3. The second kappa shape index (κ2) is 50.3. The number of sulfonamides is 2. The topological polar surface area (TPSA) is 506 Å². The summed E-state index contributed by atoms with van der Waals surface area (Å²) in [7, 11) is -16.8. The molecule has 8 aromatic rings. The van der Waals surface area contributed by atoms with Gasteiger partial charge in [-0.05, 0) is 129 Å². The Bertz CT molecular complexity index is 6430. The van der Waals surface area contributed by atoms with Crippen molar-refractivity contribution in [2.24, 2.45) is 27.6 Å². The molecule has 0 aliphatic heterocycles. The minimum atomic E-state index is -3.91. The third-order valence-electron chi connectivity index (χ3n) is 21.9. The zero-order valence-corrected chi connectivity index (χ0v) is 87.4. The van der Waals surface area contributed by atoms with Gasteiger partial charge in [0.2, 0.25) is 38.0 Å². The van der Waals surface area contributed by atoms with Crippen LogP contribution < -0.4 is 62.2 Å². The molecule has 2 aromatic heterocycles. The van der Waals surface area contributed by atoms with Gasteiger partial charge in [0.05, 0.1) is 88.2 Å². The van der Waals surface area contributed by atoms with Gasteiger partial charge in [-0.2, -0.15) is 4.68 Å². The second-order valence-corrected chi connectivity index (χ2v) is 48.2. The van der Waals surface area contributed by atoms with Crippen LogP contribution >= 0.6 is 0 Å². The summed E-state index contributed by atoms with van der Waals surface area (Å²) in [6.07, 6.45) is 17.0. The number of nitrogens with one attached hydrogen (secondary N) is 8. The van der Waals surface area contributed by atoms with Crippen LogP contribution in [0.2, 0.25) is 0 Å². The van der Waals surface area contributed by atoms with E-state index in [0.717, 1.165) is 69.1 Å². The summed E-state index contributed by atoms with van der Waals surface area (Å²) in [4.78, 5) is 154. The van der Waals surface area contributed by atoms with E-state index >= 15 is 0 Å². The van der Waals surface area contributed by atoms with E-state index in [9.17, 15) is 94.8 Å². The zero-order chi connectivity index (χ0) is 104. The maximum Gasteiger partial charge on any atom is 0.353 e. The quantitative estimate of drug-likeness (QED) is 0.0130. The van der Waals surface area contributed by atoms with E-state index < -0.39 is 159 Å². The molecule has 2 heterocycles. The van der Waals surface area contributed by atoms with Gasteiger partial charge in [-0.15, -0.1) is 0 Å². The number of anilines is 8. The maximum atomic E-state index is 14.2. The van der Waals surface area contributed by atoms with E-state index in [-0.39, 0.29) is 80.1 Å². The number of aryl methyl sites for hydroxylation is 2. The molecule has 0 saturated heterocycles. The minimum absolute atomic E-state index is 0.0158. The summed E-state index contributed by atoms with van der Waals surface area (Å²) in [5.74, 6) is -7.40. The molecule has 6 amide bonds. The summed E-state index contributed by atoms with van der Waals surface area (Å²) in [6, 6.07) is 31.1. The summed E-state index contributed by atoms with van der Waals surface area (Å²) in [5.41, 5.74) is -2.83. The number of sulfone groups is 3. The number of aromatic nitrogens is 5. The number of hydrogen-bond donors (Lipinski definition) is 8. The number of unbranched alkanes of at least 4 members (excludes halogenated alkanes) is 11. The fourth-order valence-electron chi connectivity index (χ4n) is 14.2. The van der Waals surface area contributed by atoms with Crippen molar-refractivity contribution in [2.75, 3.05) is 90.2 Å². The predicted molar refractivity (Wildman–Crippen MR) is 544 cm³/mol. The molecule has 4 atom stereocenters. The molecular formula is C98H137N13O23S5. The number of amides is 6. The van der Waals surface area contributed by atoms with Crippen LogP contribution in [0.3, 0.4) is 0 Å². The number of nitrogens with zero attached hydrogens (tertiary/aromatic N) is 5. The molecular weight excluding hydrogens is 1890 g/mol. The van der Waals surface area contributed by atoms with E-state index in [1.54, 1.807) is 176 Å². The molecule has 6 aromatic carbocycles. The Hall–Kier alpha value is -12.0. The molecule has 8 N–H and O–H groups in total. The van der Waals surface area contributed by atoms with Gasteiger partial charge in [-0.3, -0.25) is 52.6 Å². The first-order chi connectivity index (χ1) is 64.6. The highest BCUT2D eigenvalue weighted by atomic mass is 32.2. The van der Waals surface area contributed by atoms with E-state index in [4.69, 9.17) is 9.47 Å². The van der Waals surface area contributed by atoms with Gasteiger partial charge in [-0.25, -0.2) is 65.9 Å². The van der Waals surface area contributed by atoms with Crippen LogP contribution in [0.15, 0.2) is 160 Å². The van der Waals surface area contributed by atoms with Crippen molar-refractivity contribution < 1.29 is 94.7 Å². The highest BCUT2D eigenvalue weighted by Gasteiger charge is 2.43. The minimum Gasteiger partial charge on any atom is -0.495 e. The summed E-state index contributed by atoms with van der Waals surface area (Å²) in [6.45, 7) is 28.8. The number of ether oxygens (including phenoxy) is 2. The van der Waals surface area contributed by atoms with Crippen molar-refractivity contribution in [2.45, 2.75) is 237 Å². The summed E-state index contributed by atoms with van der Waals surface area (Å²) < 4.78 is 142. The van der Waals surface area contributed by atoms with Crippen LogP contribution in [0, 0.1) is 41.4 Å². The molecule has 36 nitrogen and oxygen atoms in total. The monoisotopic (exact) mass is 2020 g/mol. The molecule has 0 bridgehead atoms. The van der Waals surface area contributed by atoms with Gasteiger partial charge < -0.3 is 45.9 Å². The van der Waals surface area contributed by atoms with E-state index in [2.05, 4.69) is 53.3 Å². The van der Waals surface area contributed by atoms with Gasteiger partial charge in [0.25, 0.3) is 23.6 Å². The van der Waals surface area contributed by atoms with E-state index in [1.165, 1.54) is 102 Å².